The molecular weight excluding hydrogens is 297 g/mol. The maximum Gasteiger partial charge on any atom is 0.329 e. The van der Waals surface area contributed by atoms with Crippen LogP contribution in [0, 0.1) is 10.1 Å². The van der Waals surface area contributed by atoms with E-state index in [1.54, 1.807) is 24.3 Å². The van der Waals surface area contributed by atoms with Gasteiger partial charge >= 0.3 is 5.69 Å². The van der Waals surface area contributed by atoms with Crippen LogP contribution in [0.1, 0.15) is 19.3 Å². The van der Waals surface area contributed by atoms with Gasteiger partial charge in [-0.05, 0) is 25.3 Å². The summed E-state index contributed by atoms with van der Waals surface area (Å²) in [5, 5.41) is 14.9. The van der Waals surface area contributed by atoms with Crippen molar-refractivity contribution in [3.8, 4) is 0 Å². The fraction of sp³-hybridized carbons (Fsp3) is 0.357. The van der Waals surface area contributed by atoms with Gasteiger partial charge in [0.1, 0.15) is 11.9 Å². The second-order valence-corrected chi connectivity index (χ2v) is 5.51. The number of rotatable bonds is 3. The number of fused-ring (bicyclic) bond motifs is 1. The van der Waals surface area contributed by atoms with Crippen LogP contribution in [0.25, 0.3) is 10.9 Å². The molecule has 2 aromatic rings. The van der Waals surface area contributed by atoms with Crippen molar-refractivity contribution in [3.05, 3.63) is 39.5 Å². The molecule has 0 radical (unpaired) electrons. The Hall–Kier alpha value is -1.95. The SMILES string of the molecule is O=[N+]([O-])c1c(Cl)nc2ccccc2c1NC1CCC(F)C1. The number of halogens is 2. The molecule has 7 heteroatoms. The van der Waals surface area contributed by atoms with Crippen LogP contribution >= 0.6 is 11.6 Å². The van der Waals surface area contributed by atoms with Crippen molar-refractivity contribution in [2.24, 2.45) is 0 Å². The molecule has 1 heterocycles. The quantitative estimate of drug-likeness (QED) is 0.526. The molecule has 0 bridgehead atoms. The minimum atomic E-state index is -0.856. The fourth-order valence-electron chi connectivity index (χ4n) is 2.75. The highest BCUT2D eigenvalue weighted by Crippen LogP contribution is 2.39. The minimum Gasteiger partial charge on any atom is -0.376 e. The molecule has 1 fully saturated rings. The molecule has 0 amide bonds. The Bertz CT molecular complexity index is 710. The van der Waals surface area contributed by atoms with E-state index in [9.17, 15) is 14.5 Å². The Morgan fingerprint density at radius 3 is 2.81 bits per heavy atom. The maximum absolute atomic E-state index is 13.3. The van der Waals surface area contributed by atoms with Gasteiger partial charge in [0.25, 0.3) is 0 Å². The van der Waals surface area contributed by atoms with E-state index in [0.29, 0.717) is 35.9 Å². The molecule has 5 nitrogen and oxygen atoms in total. The Labute approximate surface area is 125 Å². The van der Waals surface area contributed by atoms with E-state index in [0.717, 1.165) is 0 Å². The van der Waals surface area contributed by atoms with Crippen molar-refractivity contribution in [3.63, 3.8) is 0 Å². The zero-order valence-electron chi connectivity index (χ0n) is 11.1. The van der Waals surface area contributed by atoms with E-state index in [-0.39, 0.29) is 16.9 Å². The molecule has 1 aromatic carbocycles. The number of aromatic nitrogens is 1. The third-order valence-electron chi connectivity index (χ3n) is 3.72. The number of hydrogen-bond donors (Lipinski definition) is 1. The largest absolute Gasteiger partial charge is 0.376 e. The molecule has 2 atom stereocenters. The van der Waals surface area contributed by atoms with Crippen molar-refractivity contribution in [2.45, 2.75) is 31.5 Å². The van der Waals surface area contributed by atoms with Gasteiger partial charge in [-0.25, -0.2) is 9.37 Å². The van der Waals surface area contributed by atoms with Crippen LogP contribution in [0.4, 0.5) is 15.8 Å². The van der Waals surface area contributed by atoms with Crippen molar-refractivity contribution in [1.82, 2.24) is 4.98 Å². The minimum absolute atomic E-state index is 0.124. The molecule has 1 aromatic heterocycles. The average molecular weight is 310 g/mol. The Balaban J connectivity index is 2.12. The number of benzene rings is 1. The van der Waals surface area contributed by atoms with Gasteiger partial charge in [-0.15, -0.1) is 0 Å². The first-order valence-electron chi connectivity index (χ1n) is 6.69. The zero-order valence-corrected chi connectivity index (χ0v) is 11.8. The first kappa shape index (κ1) is 14.0. The number of nitro groups is 1. The molecular formula is C14H13ClFN3O2. The summed E-state index contributed by atoms with van der Waals surface area (Å²) in [5.74, 6) is 0. The maximum atomic E-state index is 13.3. The highest BCUT2D eigenvalue weighted by atomic mass is 35.5. The van der Waals surface area contributed by atoms with Gasteiger partial charge in [0.05, 0.1) is 10.4 Å². The zero-order chi connectivity index (χ0) is 15.0. The normalized spacial score (nSPS) is 21.6. The fourth-order valence-corrected chi connectivity index (χ4v) is 3.00. The summed E-state index contributed by atoms with van der Waals surface area (Å²) in [7, 11) is 0. The first-order chi connectivity index (χ1) is 10.1. The molecule has 0 aliphatic heterocycles. The lowest BCUT2D eigenvalue weighted by molar-refractivity contribution is -0.384. The van der Waals surface area contributed by atoms with Crippen molar-refractivity contribution < 1.29 is 9.31 Å². The molecule has 1 N–H and O–H groups in total. The van der Waals surface area contributed by atoms with Crippen molar-refractivity contribution >= 4 is 33.9 Å². The lowest BCUT2D eigenvalue weighted by Gasteiger charge is -2.16. The highest BCUT2D eigenvalue weighted by Gasteiger charge is 2.29. The van der Waals surface area contributed by atoms with E-state index < -0.39 is 11.1 Å². The van der Waals surface area contributed by atoms with Crippen LogP contribution in [0.3, 0.4) is 0 Å². The van der Waals surface area contributed by atoms with E-state index in [2.05, 4.69) is 10.3 Å². The molecule has 0 spiro atoms. The molecule has 0 saturated heterocycles. The third-order valence-corrected chi connectivity index (χ3v) is 3.99. The van der Waals surface area contributed by atoms with Crippen LogP contribution in [-0.2, 0) is 0 Å². The highest BCUT2D eigenvalue weighted by molar-refractivity contribution is 6.33. The predicted molar refractivity (Wildman–Crippen MR) is 79.6 cm³/mol. The number of nitrogens with zero attached hydrogens (tertiary/aromatic N) is 2. The van der Waals surface area contributed by atoms with Crippen molar-refractivity contribution in [1.29, 1.82) is 0 Å². The molecule has 1 saturated carbocycles. The van der Waals surface area contributed by atoms with Gasteiger partial charge in [0, 0.05) is 11.4 Å². The van der Waals surface area contributed by atoms with Gasteiger partial charge in [-0.2, -0.15) is 0 Å². The van der Waals surface area contributed by atoms with Gasteiger partial charge in [-0.1, -0.05) is 29.8 Å². The average Bonchev–Trinajstić information content (AvgIpc) is 2.83. The van der Waals surface area contributed by atoms with Crippen LogP contribution < -0.4 is 5.32 Å². The third kappa shape index (κ3) is 2.63. The van der Waals surface area contributed by atoms with Gasteiger partial charge in [-0.3, -0.25) is 10.1 Å². The number of nitrogens with one attached hydrogen (secondary N) is 1. The van der Waals surface area contributed by atoms with Gasteiger partial charge < -0.3 is 5.32 Å². The molecule has 2 unspecified atom stereocenters. The summed E-state index contributed by atoms with van der Waals surface area (Å²) in [6, 6.07) is 6.92. The second-order valence-electron chi connectivity index (χ2n) is 5.15. The van der Waals surface area contributed by atoms with Crippen LogP contribution in [0.15, 0.2) is 24.3 Å². The molecule has 3 rings (SSSR count). The van der Waals surface area contributed by atoms with Gasteiger partial charge in [0.2, 0.25) is 5.15 Å². The Morgan fingerprint density at radius 1 is 1.38 bits per heavy atom. The summed E-state index contributed by atoms with van der Waals surface area (Å²) in [4.78, 5) is 14.8. The lowest BCUT2D eigenvalue weighted by atomic mass is 10.1. The van der Waals surface area contributed by atoms with E-state index in [1.165, 1.54) is 0 Å². The number of anilines is 1. The van der Waals surface area contributed by atoms with E-state index in [1.807, 2.05) is 0 Å². The topological polar surface area (TPSA) is 68.1 Å². The van der Waals surface area contributed by atoms with E-state index >= 15 is 0 Å². The Morgan fingerprint density at radius 2 is 2.14 bits per heavy atom. The molecule has 1 aliphatic rings. The standard InChI is InChI=1S/C14H13ClFN3O2/c15-14-13(19(20)21)12(17-9-6-5-8(16)7-9)10-3-1-2-4-11(10)18-14/h1-4,8-9H,5-7H2,(H,17,18). The molecule has 110 valence electrons. The summed E-state index contributed by atoms with van der Waals surface area (Å²) in [6.45, 7) is 0. The summed E-state index contributed by atoms with van der Waals surface area (Å²) in [6.07, 6.45) is 0.616. The summed E-state index contributed by atoms with van der Waals surface area (Å²) in [5.41, 5.74) is 0.651. The number of pyridine rings is 1. The number of para-hydroxylation sites is 1. The van der Waals surface area contributed by atoms with Crippen LogP contribution in [0.2, 0.25) is 5.15 Å². The molecule has 21 heavy (non-hydrogen) atoms. The Kier molecular flexibility index (Phi) is 3.63. The number of hydrogen-bond acceptors (Lipinski definition) is 4. The summed E-state index contributed by atoms with van der Waals surface area (Å²) >= 11 is 5.95. The smallest absolute Gasteiger partial charge is 0.329 e. The number of alkyl halides is 1. The second kappa shape index (κ2) is 5.44. The van der Waals surface area contributed by atoms with Crippen LogP contribution in [-0.4, -0.2) is 22.1 Å². The van der Waals surface area contributed by atoms with Crippen molar-refractivity contribution in [2.75, 3.05) is 5.32 Å². The monoisotopic (exact) mass is 309 g/mol. The lowest BCUT2D eigenvalue weighted by Crippen LogP contribution is -2.17. The first-order valence-corrected chi connectivity index (χ1v) is 7.07. The molecule has 1 aliphatic carbocycles. The predicted octanol–water partition coefficient (Wildman–Crippen LogP) is 4.10. The van der Waals surface area contributed by atoms with E-state index in [4.69, 9.17) is 11.6 Å². The van der Waals surface area contributed by atoms with Gasteiger partial charge in [0.15, 0.2) is 0 Å². The summed E-state index contributed by atoms with van der Waals surface area (Å²) < 4.78 is 13.3. The van der Waals surface area contributed by atoms with Crippen LogP contribution in [0.5, 0.6) is 0 Å².